The molecule has 1 aliphatic heterocycles. The highest BCUT2D eigenvalue weighted by Gasteiger charge is 2.24. The molecule has 3 N–H and O–H groups in total. The Morgan fingerprint density at radius 1 is 1.11 bits per heavy atom. The average Bonchev–Trinajstić information content (AvgIpc) is 3.25. The van der Waals surface area contributed by atoms with Gasteiger partial charge in [-0.3, -0.25) is 4.79 Å². The maximum atomic E-state index is 12.6. The number of anilines is 2. The third-order valence-electron chi connectivity index (χ3n) is 6.47. The smallest absolute Gasteiger partial charge is 0.255 e. The SMILES string of the molecule is Cc1ccc(NC(=O)c2ccc(Cl)cc2)cc1C#Cc1nn(C2CCN(C)CC2)c2ncnc(N)c12. The van der Waals surface area contributed by atoms with Gasteiger partial charge in [-0.05, 0) is 87.8 Å². The second-order valence-corrected chi connectivity index (χ2v) is 9.46. The molecule has 9 heteroatoms. The third kappa shape index (κ3) is 4.89. The van der Waals surface area contributed by atoms with Gasteiger partial charge >= 0.3 is 0 Å². The number of nitrogen functional groups attached to an aromatic ring is 1. The first-order valence-electron chi connectivity index (χ1n) is 11.8. The molecule has 0 spiro atoms. The van der Waals surface area contributed by atoms with Crippen molar-refractivity contribution in [1.82, 2.24) is 24.6 Å². The van der Waals surface area contributed by atoms with Crippen molar-refractivity contribution in [3.8, 4) is 11.8 Å². The van der Waals surface area contributed by atoms with E-state index < -0.39 is 0 Å². The quantitative estimate of drug-likeness (QED) is 0.408. The van der Waals surface area contributed by atoms with Gasteiger partial charge in [-0.1, -0.05) is 23.6 Å². The lowest BCUT2D eigenvalue weighted by Crippen LogP contribution is -2.32. The largest absolute Gasteiger partial charge is 0.383 e. The normalized spacial score (nSPS) is 14.4. The van der Waals surface area contributed by atoms with Gasteiger partial charge in [0.2, 0.25) is 0 Å². The van der Waals surface area contributed by atoms with Crippen molar-refractivity contribution >= 4 is 40.0 Å². The number of hydrogen-bond donors (Lipinski definition) is 2. The zero-order valence-corrected chi connectivity index (χ0v) is 20.9. The second kappa shape index (κ2) is 9.97. The number of halogens is 1. The highest BCUT2D eigenvalue weighted by Crippen LogP contribution is 2.28. The summed E-state index contributed by atoms with van der Waals surface area (Å²) in [4.78, 5) is 23.6. The number of piperidine rings is 1. The van der Waals surface area contributed by atoms with E-state index in [1.54, 1.807) is 24.3 Å². The van der Waals surface area contributed by atoms with E-state index in [1.807, 2.05) is 29.8 Å². The van der Waals surface area contributed by atoms with Crippen LogP contribution in [0.4, 0.5) is 11.5 Å². The van der Waals surface area contributed by atoms with E-state index in [-0.39, 0.29) is 11.9 Å². The fourth-order valence-electron chi connectivity index (χ4n) is 4.34. The van der Waals surface area contributed by atoms with Crippen molar-refractivity contribution in [3.05, 3.63) is 76.2 Å². The summed E-state index contributed by atoms with van der Waals surface area (Å²) in [6.07, 6.45) is 3.44. The van der Waals surface area contributed by atoms with Crippen LogP contribution >= 0.6 is 11.6 Å². The fourth-order valence-corrected chi connectivity index (χ4v) is 4.47. The number of nitrogens with two attached hydrogens (primary N) is 1. The van der Waals surface area contributed by atoms with Crippen LogP contribution < -0.4 is 11.1 Å². The Labute approximate surface area is 214 Å². The standard InChI is InChI=1S/C27H26ClN7O/c1-17-3-9-21(32-27(36)18-4-7-20(28)8-5-18)15-19(17)6-10-23-24-25(29)30-16-31-26(24)35(33-23)22-11-13-34(2)14-12-22/h3-5,7-9,15-16,22H,11-14H2,1-2H3,(H,32,36)(H2,29,30,31). The zero-order chi connectivity index (χ0) is 25.2. The predicted molar refractivity (Wildman–Crippen MR) is 142 cm³/mol. The number of aryl methyl sites for hydroxylation is 1. The Morgan fingerprint density at radius 3 is 2.61 bits per heavy atom. The van der Waals surface area contributed by atoms with E-state index in [1.165, 1.54) is 6.33 Å². The molecule has 3 heterocycles. The highest BCUT2D eigenvalue weighted by atomic mass is 35.5. The number of benzene rings is 2. The van der Waals surface area contributed by atoms with E-state index in [0.29, 0.717) is 38.8 Å². The molecule has 8 nitrogen and oxygen atoms in total. The highest BCUT2D eigenvalue weighted by molar-refractivity contribution is 6.30. The van der Waals surface area contributed by atoms with Gasteiger partial charge in [0.15, 0.2) is 5.65 Å². The number of amides is 1. The van der Waals surface area contributed by atoms with E-state index in [2.05, 4.69) is 39.1 Å². The number of carbonyl (C=O) groups is 1. The molecule has 182 valence electrons. The summed E-state index contributed by atoms with van der Waals surface area (Å²) < 4.78 is 1.96. The van der Waals surface area contributed by atoms with Gasteiger partial charge in [0.05, 0.1) is 11.4 Å². The Morgan fingerprint density at radius 2 is 1.86 bits per heavy atom. The minimum absolute atomic E-state index is 0.220. The van der Waals surface area contributed by atoms with Gasteiger partial charge in [-0.15, -0.1) is 0 Å². The first-order chi connectivity index (χ1) is 17.4. The molecule has 1 aliphatic rings. The van der Waals surface area contributed by atoms with Crippen LogP contribution in [-0.2, 0) is 0 Å². The lowest BCUT2D eigenvalue weighted by molar-refractivity contribution is 0.102. The first-order valence-corrected chi connectivity index (χ1v) is 12.1. The summed E-state index contributed by atoms with van der Waals surface area (Å²) in [6.45, 7) is 3.98. The molecule has 1 fully saturated rings. The topological polar surface area (TPSA) is 102 Å². The summed E-state index contributed by atoms with van der Waals surface area (Å²) in [7, 11) is 2.13. The molecule has 0 atom stereocenters. The van der Waals surface area contributed by atoms with Crippen LogP contribution in [0.25, 0.3) is 11.0 Å². The number of fused-ring (bicyclic) bond motifs is 1. The van der Waals surface area contributed by atoms with Crippen LogP contribution in [0.1, 0.15) is 46.1 Å². The number of aromatic nitrogens is 4. The molecule has 0 bridgehead atoms. The van der Waals surface area contributed by atoms with Gasteiger partial charge in [0.25, 0.3) is 5.91 Å². The first kappa shape index (κ1) is 23.8. The molecule has 0 aliphatic carbocycles. The molecule has 0 unspecified atom stereocenters. The van der Waals surface area contributed by atoms with Crippen molar-refractivity contribution in [3.63, 3.8) is 0 Å². The summed E-state index contributed by atoms with van der Waals surface area (Å²) in [6, 6.07) is 12.6. The molecule has 36 heavy (non-hydrogen) atoms. The minimum Gasteiger partial charge on any atom is -0.383 e. The average molecular weight is 500 g/mol. The van der Waals surface area contributed by atoms with Crippen molar-refractivity contribution in [1.29, 1.82) is 0 Å². The third-order valence-corrected chi connectivity index (χ3v) is 6.72. The molecule has 0 radical (unpaired) electrons. The van der Waals surface area contributed by atoms with Gasteiger partial charge in [-0.2, -0.15) is 5.10 Å². The van der Waals surface area contributed by atoms with Crippen molar-refractivity contribution in [2.45, 2.75) is 25.8 Å². The molecule has 4 aromatic rings. The molecule has 5 rings (SSSR count). The molecular formula is C27H26ClN7O. The number of carbonyl (C=O) groups excluding carboxylic acids is 1. The summed E-state index contributed by atoms with van der Waals surface area (Å²) in [5.41, 5.74) is 10.4. The van der Waals surface area contributed by atoms with Crippen molar-refractivity contribution < 1.29 is 4.79 Å². The molecule has 0 saturated carbocycles. The monoisotopic (exact) mass is 499 g/mol. The van der Waals surface area contributed by atoms with Crippen LogP contribution in [0.3, 0.4) is 0 Å². The Kier molecular flexibility index (Phi) is 6.59. The Balaban J connectivity index is 1.46. The lowest BCUT2D eigenvalue weighted by Gasteiger charge is -2.29. The summed E-state index contributed by atoms with van der Waals surface area (Å²) in [5.74, 6) is 6.56. The lowest BCUT2D eigenvalue weighted by atomic mass is 10.1. The van der Waals surface area contributed by atoms with E-state index in [0.717, 1.165) is 37.1 Å². The fraction of sp³-hybridized carbons (Fsp3) is 0.259. The van der Waals surface area contributed by atoms with Crippen LogP contribution in [0.5, 0.6) is 0 Å². The van der Waals surface area contributed by atoms with Gasteiger partial charge in [0, 0.05) is 21.8 Å². The number of rotatable bonds is 3. The summed E-state index contributed by atoms with van der Waals surface area (Å²) in [5, 5.41) is 9.00. The van der Waals surface area contributed by atoms with E-state index in [4.69, 9.17) is 22.4 Å². The maximum absolute atomic E-state index is 12.6. The molecule has 1 amide bonds. The van der Waals surface area contributed by atoms with E-state index >= 15 is 0 Å². The van der Waals surface area contributed by atoms with E-state index in [9.17, 15) is 4.79 Å². The zero-order valence-electron chi connectivity index (χ0n) is 20.1. The number of likely N-dealkylation sites (tertiary alicyclic amines) is 1. The van der Waals surface area contributed by atoms with Gasteiger partial charge in [-0.25, -0.2) is 14.6 Å². The summed E-state index contributed by atoms with van der Waals surface area (Å²) >= 11 is 5.93. The minimum atomic E-state index is -0.220. The number of nitrogens with zero attached hydrogens (tertiary/aromatic N) is 5. The maximum Gasteiger partial charge on any atom is 0.255 e. The Bertz CT molecular complexity index is 1490. The molecule has 2 aromatic heterocycles. The van der Waals surface area contributed by atoms with Crippen LogP contribution in [-0.4, -0.2) is 50.7 Å². The van der Waals surface area contributed by atoms with Crippen LogP contribution in [0, 0.1) is 18.8 Å². The molecular weight excluding hydrogens is 474 g/mol. The van der Waals surface area contributed by atoms with Crippen molar-refractivity contribution in [2.75, 3.05) is 31.2 Å². The van der Waals surface area contributed by atoms with Crippen LogP contribution in [0.15, 0.2) is 48.8 Å². The second-order valence-electron chi connectivity index (χ2n) is 9.03. The predicted octanol–water partition coefficient (Wildman–Crippen LogP) is 4.29. The van der Waals surface area contributed by atoms with Crippen molar-refractivity contribution in [2.24, 2.45) is 0 Å². The number of hydrogen-bond acceptors (Lipinski definition) is 6. The number of nitrogens with one attached hydrogen (secondary N) is 1. The molecule has 2 aromatic carbocycles. The van der Waals surface area contributed by atoms with Gasteiger partial charge in [0.1, 0.15) is 17.8 Å². The van der Waals surface area contributed by atoms with Gasteiger partial charge < -0.3 is 16.0 Å². The Hall–Kier alpha value is -3.93. The van der Waals surface area contributed by atoms with Crippen LogP contribution in [0.2, 0.25) is 5.02 Å². The molecule has 1 saturated heterocycles.